The van der Waals surface area contributed by atoms with Crippen molar-refractivity contribution in [2.45, 2.75) is 39.5 Å². The first-order valence-electron chi connectivity index (χ1n) is 9.28. The molecule has 2 saturated heterocycles. The fourth-order valence-corrected chi connectivity index (χ4v) is 4.67. The Morgan fingerprint density at radius 3 is 1.00 bits per heavy atom. The number of quaternary nitrogens is 2. The van der Waals surface area contributed by atoms with Crippen LogP contribution in [0, 0.1) is 0 Å². The Balaban J connectivity index is 0.000000363. The molecule has 0 aromatic carbocycles. The molecule has 26 heavy (non-hydrogen) atoms. The SMILES string of the molecule is CC[N+]1(C)CCCC1.CC[N+]1(C)CCCC1.O=S(=O)([O-])CCS(=O)(=O)[O-]. The van der Waals surface area contributed by atoms with Gasteiger partial charge in [0.25, 0.3) is 0 Å². The summed E-state index contributed by atoms with van der Waals surface area (Å²) in [6.45, 7) is 12.9. The number of hydrogen-bond acceptors (Lipinski definition) is 6. The highest BCUT2D eigenvalue weighted by Gasteiger charge is 2.24. The minimum Gasteiger partial charge on any atom is -0.748 e. The molecule has 0 aromatic heterocycles. The molecule has 0 aromatic rings. The third-order valence-corrected chi connectivity index (χ3v) is 7.07. The predicted octanol–water partition coefficient (Wildman–Crippen LogP) is 0.570. The molecule has 8 nitrogen and oxygen atoms in total. The van der Waals surface area contributed by atoms with Gasteiger partial charge in [0.05, 0.1) is 85.1 Å². The third-order valence-electron chi connectivity index (χ3n) is 5.40. The number of likely N-dealkylation sites (tertiary alicyclic amines) is 2. The van der Waals surface area contributed by atoms with Crippen molar-refractivity contribution in [1.29, 1.82) is 0 Å². The van der Waals surface area contributed by atoms with Crippen LogP contribution in [0.15, 0.2) is 0 Å². The Bertz CT molecular complexity index is 538. The van der Waals surface area contributed by atoms with Gasteiger partial charge in [-0.05, 0) is 13.8 Å². The van der Waals surface area contributed by atoms with Gasteiger partial charge in [0.15, 0.2) is 0 Å². The third kappa shape index (κ3) is 13.0. The molecule has 158 valence electrons. The van der Waals surface area contributed by atoms with Crippen LogP contribution in [0.3, 0.4) is 0 Å². The normalized spacial score (nSPS) is 21.3. The van der Waals surface area contributed by atoms with Crippen molar-refractivity contribution in [3.05, 3.63) is 0 Å². The van der Waals surface area contributed by atoms with Crippen molar-refractivity contribution in [3.63, 3.8) is 0 Å². The van der Waals surface area contributed by atoms with Crippen LogP contribution in [0.5, 0.6) is 0 Å². The molecular weight excluding hydrogens is 380 g/mol. The minimum atomic E-state index is -4.59. The van der Waals surface area contributed by atoms with Crippen LogP contribution >= 0.6 is 0 Å². The molecule has 0 amide bonds. The van der Waals surface area contributed by atoms with Crippen LogP contribution in [-0.2, 0) is 20.2 Å². The quantitative estimate of drug-likeness (QED) is 0.478. The summed E-state index contributed by atoms with van der Waals surface area (Å²) in [7, 11) is -4.46. The Morgan fingerprint density at radius 2 is 0.885 bits per heavy atom. The fraction of sp³-hybridized carbons (Fsp3) is 1.00. The van der Waals surface area contributed by atoms with Gasteiger partial charge >= 0.3 is 0 Å². The van der Waals surface area contributed by atoms with Gasteiger partial charge in [0.2, 0.25) is 0 Å². The first kappa shape index (κ1) is 25.7. The monoisotopic (exact) mass is 416 g/mol. The van der Waals surface area contributed by atoms with Crippen molar-refractivity contribution in [3.8, 4) is 0 Å². The summed E-state index contributed by atoms with van der Waals surface area (Å²) in [5, 5.41) is 0. The van der Waals surface area contributed by atoms with E-state index in [1.54, 1.807) is 0 Å². The lowest BCUT2D eigenvalue weighted by atomic mass is 10.4. The Kier molecular flexibility index (Phi) is 10.8. The van der Waals surface area contributed by atoms with Gasteiger partial charge in [-0.1, -0.05) is 0 Å². The molecule has 0 spiro atoms. The van der Waals surface area contributed by atoms with E-state index >= 15 is 0 Å². The lowest BCUT2D eigenvalue weighted by molar-refractivity contribution is -0.895. The fourth-order valence-electron chi connectivity index (χ4n) is 3.03. The summed E-state index contributed by atoms with van der Waals surface area (Å²) in [6.07, 6.45) is 5.80. The highest BCUT2D eigenvalue weighted by atomic mass is 32.2. The van der Waals surface area contributed by atoms with Crippen molar-refractivity contribution in [2.75, 3.05) is 64.9 Å². The lowest BCUT2D eigenvalue weighted by Gasteiger charge is -2.26. The standard InChI is InChI=1S/2C7H16N.C2H6O6S2/c2*1-3-8(2)6-4-5-7-8;3-9(4,5)1-2-10(6,7)8/h2*3-7H2,1-2H3;1-2H2,(H,3,4,5)(H,6,7,8)/q2*+1;/p-2. The Labute approximate surface area is 159 Å². The highest BCUT2D eigenvalue weighted by molar-refractivity contribution is 7.89. The lowest BCUT2D eigenvalue weighted by Crippen LogP contribution is -2.40. The van der Waals surface area contributed by atoms with Gasteiger partial charge in [-0.25, -0.2) is 16.8 Å². The smallest absolute Gasteiger partial charge is 0.0955 e. The number of rotatable bonds is 5. The summed E-state index contributed by atoms with van der Waals surface area (Å²) in [6, 6.07) is 0. The zero-order chi connectivity index (χ0) is 20.5. The van der Waals surface area contributed by atoms with Crippen molar-refractivity contribution in [2.24, 2.45) is 0 Å². The van der Waals surface area contributed by atoms with E-state index in [9.17, 15) is 25.9 Å². The first-order valence-corrected chi connectivity index (χ1v) is 12.4. The molecular formula is C16H36N2O6S2. The van der Waals surface area contributed by atoms with Crippen LogP contribution in [0.25, 0.3) is 0 Å². The van der Waals surface area contributed by atoms with Crippen molar-refractivity contribution >= 4 is 20.2 Å². The van der Waals surface area contributed by atoms with Crippen LogP contribution in [0.2, 0.25) is 0 Å². The molecule has 0 bridgehead atoms. The molecule has 0 unspecified atom stereocenters. The molecule has 0 aliphatic carbocycles. The van der Waals surface area contributed by atoms with E-state index in [0.29, 0.717) is 0 Å². The van der Waals surface area contributed by atoms with Gasteiger partial charge in [-0.3, -0.25) is 0 Å². The number of nitrogens with zero attached hydrogens (tertiary/aromatic N) is 2. The summed E-state index contributed by atoms with van der Waals surface area (Å²) in [5.41, 5.74) is 0. The van der Waals surface area contributed by atoms with Gasteiger partial charge in [0.1, 0.15) is 0 Å². The van der Waals surface area contributed by atoms with Crippen molar-refractivity contribution < 1.29 is 34.9 Å². The summed E-state index contributed by atoms with van der Waals surface area (Å²) in [4.78, 5) is 0. The van der Waals surface area contributed by atoms with E-state index in [-0.39, 0.29) is 0 Å². The number of hydrogen-bond donors (Lipinski definition) is 0. The molecule has 2 heterocycles. The molecule has 10 heteroatoms. The van der Waals surface area contributed by atoms with E-state index in [4.69, 9.17) is 0 Å². The van der Waals surface area contributed by atoms with Gasteiger partial charge in [-0.2, -0.15) is 0 Å². The Hall–Kier alpha value is -0.260. The van der Waals surface area contributed by atoms with Gasteiger partial charge in [0, 0.05) is 25.7 Å². The Morgan fingerprint density at radius 1 is 0.654 bits per heavy atom. The largest absolute Gasteiger partial charge is 0.748 e. The zero-order valence-electron chi connectivity index (χ0n) is 16.6. The molecule has 2 fully saturated rings. The summed E-state index contributed by atoms with van der Waals surface area (Å²) >= 11 is 0. The molecule has 0 radical (unpaired) electrons. The van der Waals surface area contributed by atoms with E-state index in [0.717, 1.165) is 0 Å². The predicted molar refractivity (Wildman–Crippen MR) is 101 cm³/mol. The van der Waals surface area contributed by atoms with Crippen LogP contribution in [-0.4, -0.2) is 99.8 Å². The molecule has 0 N–H and O–H groups in total. The van der Waals surface area contributed by atoms with Crippen LogP contribution < -0.4 is 0 Å². The van der Waals surface area contributed by atoms with Gasteiger partial charge < -0.3 is 18.1 Å². The second kappa shape index (κ2) is 10.9. The first-order chi connectivity index (χ1) is 11.7. The highest BCUT2D eigenvalue weighted by Crippen LogP contribution is 2.15. The van der Waals surface area contributed by atoms with E-state index in [2.05, 4.69) is 27.9 Å². The van der Waals surface area contributed by atoms with Gasteiger partial charge in [-0.15, -0.1) is 0 Å². The maximum absolute atomic E-state index is 9.72. The maximum atomic E-state index is 9.72. The second-order valence-electron chi connectivity index (χ2n) is 7.70. The average Bonchev–Trinajstić information content (AvgIpc) is 3.16. The summed E-state index contributed by atoms with van der Waals surface area (Å²) < 4.78 is 61.0. The van der Waals surface area contributed by atoms with Crippen LogP contribution in [0.1, 0.15) is 39.5 Å². The maximum Gasteiger partial charge on any atom is 0.0955 e. The molecule has 0 saturated carbocycles. The zero-order valence-corrected chi connectivity index (χ0v) is 18.3. The molecule has 2 aliphatic heterocycles. The van der Waals surface area contributed by atoms with E-state index in [1.165, 1.54) is 73.9 Å². The average molecular weight is 417 g/mol. The van der Waals surface area contributed by atoms with E-state index < -0.39 is 31.7 Å². The van der Waals surface area contributed by atoms with Crippen LogP contribution in [0.4, 0.5) is 0 Å². The topological polar surface area (TPSA) is 114 Å². The second-order valence-corrected chi connectivity index (χ2v) is 10.8. The van der Waals surface area contributed by atoms with Crippen molar-refractivity contribution in [1.82, 2.24) is 0 Å². The minimum absolute atomic E-state index is 1.15. The summed E-state index contributed by atoms with van der Waals surface area (Å²) in [5.74, 6) is -2.31. The molecule has 2 rings (SSSR count). The molecule has 2 aliphatic rings. The molecule has 0 atom stereocenters. The van der Waals surface area contributed by atoms with E-state index in [1.807, 2.05) is 0 Å².